The topological polar surface area (TPSA) is 58.5 Å². The van der Waals surface area contributed by atoms with Crippen molar-refractivity contribution in [3.63, 3.8) is 0 Å². The first-order valence-electron chi connectivity index (χ1n) is 8.04. The van der Waals surface area contributed by atoms with Gasteiger partial charge in [-0.2, -0.15) is 0 Å². The number of aliphatic hydroxyl groups excluding tert-OH is 1. The summed E-state index contributed by atoms with van der Waals surface area (Å²) in [5, 5.41) is 9.75. The van der Waals surface area contributed by atoms with Crippen LogP contribution in [0.4, 0.5) is 4.39 Å². The molecule has 5 nitrogen and oxygen atoms in total. The van der Waals surface area contributed by atoms with E-state index >= 15 is 0 Å². The number of aromatic nitrogens is 2. The van der Waals surface area contributed by atoms with Gasteiger partial charge in [-0.05, 0) is 24.8 Å². The highest BCUT2D eigenvalue weighted by Gasteiger charge is 2.45. The summed E-state index contributed by atoms with van der Waals surface area (Å²) < 4.78 is 19.4. The summed E-state index contributed by atoms with van der Waals surface area (Å²) in [4.78, 5) is 10.8. The molecule has 2 aromatic heterocycles. The summed E-state index contributed by atoms with van der Waals surface area (Å²) in [5.41, 5.74) is 1.85. The molecule has 0 amide bonds. The molecule has 2 aliphatic rings. The van der Waals surface area contributed by atoms with Crippen molar-refractivity contribution in [1.29, 1.82) is 0 Å². The van der Waals surface area contributed by atoms with Crippen LogP contribution in [0, 0.1) is 17.7 Å². The van der Waals surface area contributed by atoms with Gasteiger partial charge < -0.3 is 14.7 Å². The van der Waals surface area contributed by atoms with E-state index in [0.717, 1.165) is 26.1 Å². The molecule has 1 N–H and O–H groups in total. The first-order chi connectivity index (χ1) is 11.2. The van der Waals surface area contributed by atoms with E-state index in [9.17, 15) is 9.50 Å². The Balaban J connectivity index is 1.55. The number of pyridine rings is 2. The van der Waals surface area contributed by atoms with E-state index in [1.807, 2.05) is 0 Å². The number of fused-ring (bicyclic) bond motifs is 2. The Kier molecular flexibility index (Phi) is 3.66. The van der Waals surface area contributed by atoms with Gasteiger partial charge in [0.05, 0.1) is 30.4 Å². The lowest BCUT2D eigenvalue weighted by Gasteiger charge is -2.35. The molecule has 1 aliphatic carbocycles. The van der Waals surface area contributed by atoms with E-state index in [0.29, 0.717) is 40.7 Å². The van der Waals surface area contributed by atoms with Gasteiger partial charge >= 0.3 is 0 Å². The molecule has 1 aliphatic heterocycles. The van der Waals surface area contributed by atoms with Gasteiger partial charge in [-0.15, -0.1) is 0 Å². The second kappa shape index (κ2) is 5.69. The molecule has 4 rings (SSSR count). The van der Waals surface area contributed by atoms with Gasteiger partial charge in [-0.25, -0.2) is 9.37 Å². The third kappa shape index (κ3) is 2.56. The molecule has 0 aromatic carbocycles. The number of rotatable bonds is 4. The first kappa shape index (κ1) is 14.8. The van der Waals surface area contributed by atoms with Crippen LogP contribution in [0.5, 0.6) is 5.88 Å². The molecule has 0 spiro atoms. The van der Waals surface area contributed by atoms with Crippen LogP contribution in [-0.4, -0.2) is 52.8 Å². The molecule has 3 atom stereocenters. The summed E-state index contributed by atoms with van der Waals surface area (Å²) in [6.45, 7) is 2.69. The third-order valence-corrected chi connectivity index (χ3v) is 5.23. The van der Waals surface area contributed by atoms with E-state index in [1.165, 1.54) is 6.20 Å². The van der Waals surface area contributed by atoms with Gasteiger partial charge in [-0.1, -0.05) is 0 Å². The average molecular weight is 317 g/mol. The SMILES string of the molecule is COc1ccc2ncc(F)c(CCN3CC4C[C@@H](O)C4C3)c2n1. The molecule has 0 bridgehead atoms. The Morgan fingerprint density at radius 1 is 1.39 bits per heavy atom. The van der Waals surface area contributed by atoms with Crippen LogP contribution in [0.1, 0.15) is 12.0 Å². The summed E-state index contributed by atoms with van der Waals surface area (Å²) in [5.74, 6) is 1.17. The highest BCUT2D eigenvalue weighted by molar-refractivity contribution is 5.78. The Bertz CT molecular complexity index is 739. The van der Waals surface area contributed by atoms with E-state index in [4.69, 9.17) is 4.74 Å². The van der Waals surface area contributed by atoms with Gasteiger partial charge in [0, 0.05) is 37.2 Å². The normalized spacial score (nSPS) is 27.0. The van der Waals surface area contributed by atoms with E-state index < -0.39 is 0 Å². The van der Waals surface area contributed by atoms with Gasteiger partial charge in [0.25, 0.3) is 0 Å². The molecular formula is C17H20FN3O2. The fourth-order valence-corrected chi connectivity index (χ4v) is 3.84. The number of ether oxygens (including phenoxy) is 1. The largest absolute Gasteiger partial charge is 0.481 e. The van der Waals surface area contributed by atoms with Gasteiger partial charge in [0.2, 0.25) is 5.88 Å². The Hall–Kier alpha value is -1.79. The molecule has 2 fully saturated rings. The first-order valence-corrected chi connectivity index (χ1v) is 8.04. The van der Waals surface area contributed by atoms with Crippen molar-refractivity contribution in [2.75, 3.05) is 26.7 Å². The molecule has 1 saturated carbocycles. The Morgan fingerprint density at radius 2 is 2.26 bits per heavy atom. The van der Waals surface area contributed by atoms with Crippen LogP contribution in [0.2, 0.25) is 0 Å². The molecule has 3 heterocycles. The number of nitrogens with zero attached hydrogens (tertiary/aromatic N) is 3. The van der Waals surface area contributed by atoms with Crippen LogP contribution in [0.25, 0.3) is 11.0 Å². The Labute approximate surface area is 134 Å². The van der Waals surface area contributed by atoms with Crippen molar-refractivity contribution < 1.29 is 14.2 Å². The van der Waals surface area contributed by atoms with Crippen molar-refractivity contribution in [1.82, 2.24) is 14.9 Å². The van der Waals surface area contributed by atoms with Crippen LogP contribution in [0.3, 0.4) is 0 Å². The maximum Gasteiger partial charge on any atom is 0.213 e. The minimum absolute atomic E-state index is 0.144. The maximum atomic E-state index is 14.3. The summed E-state index contributed by atoms with van der Waals surface area (Å²) in [6.07, 6.45) is 2.62. The second-order valence-electron chi connectivity index (χ2n) is 6.54. The number of hydrogen-bond donors (Lipinski definition) is 1. The highest BCUT2D eigenvalue weighted by atomic mass is 19.1. The molecule has 122 valence electrons. The smallest absolute Gasteiger partial charge is 0.213 e. The van der Waals surface area contributed by atoms with Gasteiger partial charge in [-0.3, -0.25) is 4.98 Å². The number of hydrogen-bond acceptors (Lipinski definition) is 5. The summed E-state index contributed by atoms with van der Waals surface area (Å²) in [6, 6.07) is 3.53. The molecule has 0 radical (unpaired) electrons. The van der Waals surface area contributed by atoms with Crippen molar-refractivity contribution in [2.45, 2.75) is 18.9 Å². The predicted octanol–water partition coefficient (Wildman–Crippen LogP) is 1.63. The molecular weight excluding hydrogens is 297 g/mol. The molecule has 2 unspecified atom stereocenters. The molecule has 23 heavy (non-hydrogen) atoms. The minimum atomic E-state index is -0.319. The Morgan fingerprint density at radius 3 is 3.00 bits per heavy atom. The van der Waals surface area contributed by atoms with Crippen molar-refractivity contribution in [3.05, 3.63) is 29.7 Å². The zero-order valence-electron chi connectivity index (χ0n) is 13.1. The lowest BCUT2D eigenvalue weighted by atomic mass is 9.74. The van der Waals surface area contributed by atoms with Crippen molar-refractivity contribution in [3.8, 4) is 5.88 Å². The van der Waals surface area contributed by atoms with Crippen LogP contribution >= 0.6 is 0 Å². The summed E-state index contributed by atoms with van der Waals surface area (Å²) in [7, 11) is 1.55. The fraction of sp³-hybridized carbons (Fsp3) is 0.529. The predicted molar refractivity (Wildman–Crippen MR) is 83.8 cm³/mol. The van der Waals surface area contributed by atoms with Gasteiger partial charge in [0.15, 0.2) is 0 Å². The second-order valence-corrected chi connectivity index (χ2v) is 6.54. The zero-order valence-corrected chi connectivity index (χ0v) is 13.1. The van der Waals surface area contributed by atoms with Crippen molar-refractivity contribution in [2.24, 2.45) is 11.8 Å². The van der Waals surface area contributed by atoms with E-state index in [1.54, 1.807) is 19.2 Å². The quantitative estimate of drug-likeness (QED) is 0.929. The van der Waals surface area contributed by atoms with Crippen molar-refractivity contribution >= 4 is 11.0 Å². The average Bonchev–Trinajstić information content (AvgIpc) is 2.90. The lowest BCUT2D eigenvalue weighted by Crippen LogP contribution is -2.39. The number of aliphatic hydroxyl groups is 1. The standard InChI is InChI=1S/C17H20FN3O2/c1-23-16-3-2-14-17(20-16)11(13(18)7-19-14)4-5-21-8-10-6-15(22)12(10)9-21/h2-3,7,10,12,15,22H,4-6,8-9H2,1H3/t10?,12?,15-/m1/s1. The third-order valence-electron chi connectivity index (χ3n) is 5.23. The maximum absolute atomic E-state index is 14.3. The van der Waals surface area contributed by atoms with E-state index in [2.05, 4.69) is 14.9 Å². The molecule has 2 aromatic rings. The van der Waals surface area contributed by atoms with Crippen LogP contribution in [0.15, 0.2) is 18.3 Å². The van der Waals surface area contributed by atoms with Crippen LogP contribution < -0.4 is 4.74 Å². The molecule has 1 saturated heterocycles. The minimum Gasteiger partial charge on any atom is -0.481 e. The van der Waals surface area contributed by atoms with Crippen LogP contribution in [-0.2, 0) is 6.42 Å². The highest BCUT2D eigenvalue weighted by Crippen LogP contribution is 2.40. The number of methoxy groups -OCH3 is 1. The number of halogens is 1. The fourth-order valence-electron chi connectivity index (χ4n) is 3.84. The summed E-state index contributed by atoms with van der Waals surface area (Å²) >= 11 is 0. The zero-order chi connectivity index (χ0) is 16.0. The van der Waals surface area contributed by atoms with Gasteiger partial charge in [0.1, 0.15) is 5.82 Å². The molecule has 6 heteroatoms. The number of likely N-dealkylation sites (tertiary alicyclic amines) is 1. The monoisotopic (exact) mass is 317 g/mol. The lowest BCUT2D eigenvalue weighted by molar-refractivity contribution is -0.00432. The van der Waals surface area contributed by atoms with E-state index in [-0.39, 0.29) is 11.9 Å².